The molecule has 0 aromatic heterocycles. The molecule has 0 aliphatic heterocycles. The van der Waals surface area contributed by atoms with Gasteiger partial charge >= 0.3 is 12.2 Å². The lowest BCUT2D eigenvalue weighted by Crippen LogP contribution is -2.32. The molecular formula is C26H65N5O6. The van der Waals surface area contributed by atoms with Crippen LogP contribution in [-0.4, -0.2) is 72.7 Å². The van der Waals surface area contributed by atoms with Gasteiger partial charge in [0, 0.05) is 13.2 Å². The van der Waals surface area contributed by atoms with E-state index in [2.05, 4.69) is 51.5 Å². The van der Waals surface area contributed by atoms with E-state index in [-0.39, 0.29) is 35.1 Å². The Bertz CT molecular complexity index is 411. The first-order valence-corrected chi connectivity index (χ1v) is 12.1. The van der Waals surface area contributed by atoms with Crippen molar-refractivity contribution in [2.24, 2.45) is 5.73 Å². The van der Waals surface area contributed by atoms with Crippen molar-refractivity contribution in [2.75, 3.05) is 60.5 Å². The molecule has 2 amide bonds. The molecule has 0 radical (unpaired) electrons. The highest BCUT2D eigenvalue weighted by atomic mass is 16.6. The van der Waals surface area contributed by atoms with E-state index in [4.69, 9.17) is 15.2 Å². The smallest absolute Gasteiger partial charge is 0.408 e. The second-order valence-corrected chi connectivity index (χ2v) is 6.34. The Balaban J connectivity index is -0.0000000705. The normalized spacial score (nSPS) is 8.43. The van der Waals surface area contributed by atoms with E-state index >= 15 is 0 Å². The molecule has 0 spiro atoms. The number of hydrogen-bond acceptors (Lipinski definition) is 9. The number of hydrogen-bond donors (Lipinski definition) is 5. The summed E-state index contributed by atoms with van der Waals surface area (Å²) in [5.41, 5.74) is 5.21. The van der Waals surface area contributed by atoms with E-state index in [1.807, 2.05) is 0 Å². The summed E-state index contributed by atoms with van der Waals surface area (Å²) < 4.78 is 19.2. The van der Waals surface area contributed by atoms with Gasteiger partial charge in [0.15, 0.2) is 0 Å². The van der Waals surface area contributed by atoms with Crippen LogP contribution >= 0.6 is 0 Å². The van der Waals surface area contributed by atoms with Gasteiger partial charge in [-0.15, -0.1) is 0 Å². The van der Waals surface area contributed by atoms with Crippen molar-refractivity contribution >= 4 is 12.2 Å². The van der Waals surface area contributed by atoms with Crippen molar-refractivity contribution in [3.05, 3.63) is 12.5 Å². The highest BCUT2D eigenvalue weighted by molar-refractivity contribution is 5.67. The molecule has 11 nitrogen and oxygen atoms in total. The van der Waals surface area contributed by atoms with E-state index in [9.17, 15) is 9.59 Å². The number of nitrogens with two attached hydrogens (primary N) is 1. The Labute approximate surface area is 230 Å². The lowest BCUT2D eigenvalue weighted by atomic mass is 10.3. The van der Waals surface area contributed by atoms with Crippen molar-refractivity contribution in [2.45, 2.75) is 89.0 Å². The van der Waals surface area contributed by atoms with Gasteiger partial charge in [0.25, 0.3) is 0 Å². The fourth-order valence-electron chi connectivity index (χ4n) is 1.39. The molecule has 0 aliphatic carbocycles. The van der Waals surface area contributed by atoms with Gasteiger partial charge in [-0.1, -0.05) is 68.7 Å². The fourth-order valence-corrected chi connectivity index (χ4v) is 1.39. The van der Waals surface area contributed by atoms with E-state index in [0.717, 1.165) is 6.54 Å². The fraction of sp³-hybridized carbons (Fsp3) is 0.846. The maximum absolute atomic E-state index is 10.8. The number of rotatable bonds is 15. The maximum atomic E-state index is 10.8. The summed E-state index contributed by atoms with van der Waals surface area (Å²) in [6.07, 6.45) is 8.73. The highest BCUT2D eigenvalue weighted by Gasteiger charge is 1.97. The van der Waals surface area contributed by atoms with Crippen LogP contribution in [0.2, 0.25) is 0 Å². The van der Waals surface area contributed by atoms with Crippen molar-refractivity contribution in [3.8, 4) is 0 Å². The molecule has 0 heterocycles. The van der Waals surface area contributed by atoms with E-state index in [1.54, 1.807) is 34.1 Å². The van der Waals surface area contributed by atoms with Crippen LogP contribution < -0.4 is 27.0 Å². The Morgan fingerprint density at radius 3 is 1.70 bits per heavy atom. The SMILES string of the molecule is C.C.C.CCCC.CCCCCN.CCOC(=O)NCNC.CCOC(=O)NCOCCO/C=C/NC. The third-order valence-electron chi connectivity index (χ3n) is 3.26. The van der Waals surface area contributed by atoms with Crippen molar-refractivity contribution in [1.82, 2.24) is 21.3 Å². The molecule has 0 saturated heterocycles. The Hall–Kier alpha value is -2.24. The molecule has 0 unspecified atom stereocenters. The third-order valence-corrected chi connectivity index (χ3v) is 3.26. The zero-order valence-corrected chi connectivity index (χ0v) is 22.7. The second-order valence-electron chi connectivity index (χ2n) is 6.34. The molecule has 0 bridgehead atoms. The van der Waals surface area contributed by atoms with Crippen LogP contribution in [0.3, 0.4) is 0 Å². The number of unbranched alkanes of at least 4 members (excludes halogenated alkanes) is 3. The van der Waals surface area contributed by atoms with Crippen LogP contribution in [0.25, 0.3) is 0 Å². The second kappa shape index (κ2) is 54.6. The minimum Gasteiger partial charge on any atom is -0.497 e. The van der Waals surface area contributed by atoms with Gasteiger partial charge in [0.05, 0.1) is 32.8 Å². The number of ether oxygens (including phenoxy) is 4. The Morgan fingerprint density at radius 2 is 1.32 bits per heavy atom. The first-order valence-electron chi connectivity index (χ1n) is 12.1. The summed E-state index contributed by atoms with van der Waals surface area (Å²) in [6.45, 7) is 13.1. The monoisotopic (exact) mass is 543 g/mol. The first kappa shape index (κ1) is 51.4. The molecule has 230 valence electrons. The largest absolute Gasteiger partial charge is 0.497 e. The maximum Gasteiger partial charge on any atom is 0.408 e. The van der Waals surface area contributed by atoms with Crippen molar-refractivity contribution < 1.29 is 28.5 Å². The summed E-state index contributed by atoms with van der Waals surface area (Å²) in [4.78, 5) is 21.2. The zero-order chi connectivity index (χ0) is 26.7. The summed E-state index contributed by atoms with van der Waals surface area (Å²) in [5.74, 6) is 0. The van der Waals surface area contributed by atoms with Crippen LogP contribution in [0.4, 0.5) is 9.59 Å². The minimum absolute atomic E-state index is 0. The number of amides is 2. The van der Waals surface area contributed by atoms with Gasteiger partial charge < -0.3 is 40.6 Å². The van der Waals surface area contributed by atoms with Crippen LogP contribution in [-0.2, 0) is 18.9 Å². The molecule has 0 atom stereocenters. The summed E-state index contributed by atoms with van der Waals surface area (Å²) in [6, 6.07) is 0. The van der Waals surface area contributed by atoms with E-state index < -0.39 is 6.09 Å². The molecule has 11 heteroatoms. The molecule has 0 fully saturated rings. The molecular weight excluding hydrogens is 478 g/mol. The average Bonchev–Trinajstić information content (AvgIpc) is 2.84. The molecule has 0 aliphatic rings. The molecule has 0 aromatic carbocycles. The van der Waals surface area contributed by atoms with E-state index in [0.29, 0.717) is 33.1 Å². The Morgan fingerprint density at radius 1 is 0.784 bits per heavy atom. The molecule has 6 N–H and O–H groups in total. The van der Waals surface area contributed by atoms with Crippen molar-refractivity contribution in [1.29, 1.82) is 0 Å². The van der Waals surface area contributed by atoms with Crippen molar-refractivity contribution in [3.63, 3.8) is 0 Å². The predicted octanol–water partition coefficient (Wildman–Crippen LogP) is 5.17. The third kappa shape index (κ3) is 71.9. The van der Waals surface area contributed by atoms with Gasteiger partial charge in [-0.3, -0.25) is 5.32 Å². The zero-order valence-electron chi connectivity index (χ0n) is 22.7. The van der Waals surface area contributed by atoms with Gasteiger partial charge in [0.1, 0.15) is 13.3 Å². The van der Waals surface area contributed by atoms with Gasteiger partial charge in [0.2, 0.25) is 0 Å². The number of carbonyl (C=O) groups is 2. The first-order chi connectivity index (χ1) is 16.4. The quantitative estimate of drug-likeness (QED) is 0.107. The standard InChI is InChI=1S/C9H18N2O4.C5H12N2O2.C5H13N.C4H10.3CH4/c1-3-15-9(12)11-8-14-7-6-13-5-4-10-2;1-3-9-5(8)7-4-6-2;1-2-3-4-5-6;1-3-4-2;;;/h4-5,10H,3,6-8H2,1-2H3,(H,11,12);6H,3-4H2,1-2H3,(H,7,8);2-6H2,1H3;3-4H2,1-2H3;3*1H4/b5-4+;;;;;;. The topological polar surface area (TPSA) is 145 Å². The van der Waals surface area contributed by atoms with Gasteiger partial charge in [-0.25, -0.2) is 9.59 Å². The average molecular weight is 544 g/mol. The molecule has 0 aromatic rings. The van der Waals surface area contributed by atoms with Crippen LogP contribution in [0.5, 0.6) is 0 Å². The van der Waals surface area contributed by atoms with Gasteiger partial charge in [-0.05, 0) is 33.9 Å². The minimum atomic E-state index is -0.478. The van der Waals surface area contributed by atoms with Crippen LogP contribution in [0, 0.1) is 0 Å². The summed E-state index contributed by atoms with van der Waals surface area (Å²) in [7, 11) is 3.52. The number of carbonyl (C=O) groups excluding carboxylic acids is 2. The highest BCUT2D eigenvalue weighted by Crippen LogP contribution is 1.88. The van der Waals surface area contributed by atoms with E-state index in [1.165, 1.54) is 38.4 Å². The van der Waals surface area contributed by atoms with Crippen LogP contribution in [0.1, 0.15) is 89.0 Å². The summed E-state index contributed by atoms with van der Waals surface area (Å²) >= 11 is 0. The van der Waals surface area contributed by atoms with Gasteiger partial charge in [-0.2, -0.15) is 0 Å². The molecule has 0 saturated carbocycles. The number of nitrogens with one attached hydrogen (secondary N) is 4. The lowest BCUT2D eigenvalue weighted by molar-refractivity contribution is 0.0672. The molecule has 37 heavy (non-hydrogen) atoms. The lowest BCUT2D eigenvalue weighted by Gasteiger charge is -2.06. The molecule has 0 rings (SSSR count). The number of alkyl carbamates (subject to hydrolysis) is 2. The Kier molecular flexibility index (Phi) is 75.9. The predicted molar refractivity (Wildman–Crippen MR) is 159 cm³/mol. The summed E-state index contributed by atoms with van der Waals surface area (Å²) in [5, 5.41) is 10.4. The van der Waals surface area contributed by atoms with Crippen LogP contribution in [0.15, 0.2) is 12.5 Å².